The number of nitriles is 1. The van der Waals surface area contributed by atoms with Gasteiger partial charge in [0.1, 0.15) is 11.9 Å². The van der Waals surface area contributed by atoms with Gasteiger partial charge in [-0.1, -0.05) is 13.0 Å². The van der Waals surface area contributed by atoms with Crippen LogP contribution in [0.5, 0.6) is 0 Å². The van der Waals surface area contributed by atoms with Crippen molar-refractivity contribution in [3.8, 4) is 6.07 Å². The van der Waals surface area contributed by atoms with Gasteiger partial charge in [0.05, 0.1) is 5.56 Å². The van der Waals surface area contributed by atoms with Crippen LogP contribution in [0.4, 0.5) is 4.39 Å². The Morgan fingerprint density at radius 3 is 2.90 bits per heavy atom. The summed E-state index contributed by atoms with van der Waals surface area (Å²) in [5.41, 5.74) is 3.41. The molecule has 2 aromatic rings. The van der Waals surface area contributed by atoms with Gasteiger partial charge in [-0.2, -0.15) is 5.26 Å². The van der Waals surface area contributed by atoms with E-state index >= 15 is 0 Å². The van der Waals surface area contributed by atoms with Crippen LogP contribution >= 0.6 is 0 Å². The van der Waals surface area contributed by atoms with Crippen LogP contribution in [-0.2, 0) is 13.0 Å². The smallest absolute Gasteiger partial charge is 0.140 e. The van der Waals surface area contributed by atoms with E-state index in [0.29, 0.717) is 6.54 Å². The third-order valence-electron chi connectivity index (χ3n) is 3.55. The van der Waals surface area contributed by atoms with Gasteiger partial charge in [0.15, 0.2) is 0 Å². The zero-order valence-corrected chi connectivity index (χ0v) is 12.2. The third kappa shape index (κ3) is 3.65. The third-order valence-corrected chi connectivity index (χ3v) is 3.55. The van der Waals surface area contributed by atoms with E-state index in [1.807, 2.05) is 18.3 Å². The highest BCUT2D eigenvalue weighted by Crippen LogP contribution is 2.18. The van der Waals surface area contributed by atoms with Crippen LogP contribution in [0.1, 0.15) is 42.1 Å². The highest BCUT2D eigenvalue weighted by molar-refractivity contribution is 5.34. The molecular formula is C17H18FN3. The fourth-order valence-electron chi connectivity index (χ4n) is 2.30. The molecule has 0 aliphatic carbocycles. The van der Waals surface area contributed by atoms with E-state index in [0.717, 1.165) is 12.0 Å². The minimum Gasteiger partial charge on any atom is -0.306 e. The van der Waals surface area contributed by atoms with Crippen molar-refractivity contribution >= 4 is 0 Å². The molecule has 1 heterocycles. The second kappa shape index (κ2) is 6.96. The molecule has 21 heavy (non-hydrogen) atoms. The number of nitrogens with one attached hydrogen (secondary N) is 1. The molecule has 108 valence electrons. The van der Waals surface area contributed by atoms with E-state index in [9.17, 15) is 4.39 Å². The normalized spacial score (nSPS) is 11.9. The first-order valence-electron chi connectivity index (χ1n) is 7.00. The van der Waals surface area contributed by atoms with Crippen molar-refractivity contribution in [3.63, 3.8) is 0 Å². The number of aromatic nitrogens is 1. The van der Waals surface area contributed by atoms with Crippen molar-refractivity contribution in [1.82, 2.24) is 10.3 Å². The molecule has 0 fully saturated rings. The maximum absolute atomic E-state index is 13.3. The Bertz CT molecular complexity index is 661. The molecule has 0 spiro atoms. The second-order valence-corrected chi connectivity index (χ2v) is 4.96. The Labute approximate surface area is 124 Å². The van der Waals surface area contributed by atoms with Crippen LogP contribution in [0.2, 0.25) is 0 Å². The number of pyridine rings is 1. The van der Waals surface area contributed by atoms with Crippen molar-refractivity contribution < 1.29 is 4.39 Å². The predicted octanol–water partition coefficient (Wildman–Crippen LogP) is 3.51. The maximum atomic E-state index is 13.3. The second-order valence-electron chi connectivity index (χ2n) is 4.96. The van der Waals surface area contributed by atoms with Gasteiger partial charge in [-0.15, -0.1) is 0 Å². The predicted molar refractivity (Wildman–Crippen MR) is 80.0 cm³/mol. The summed E-state index contributed by atoms with van der Waals surface area (Å²) in [5.74, 6) is -0.475. The zero-order chi connectivity index (χ0) is 15.2. The van der Waals surface area contributed by atoms with Crippen LogP contribution in [0, 0.1) is 17.1 Å². The van der Waals surface area contributed by atoms with Gasteiger partial charge in [-0.3, -0.25) is 4.98 Å². The summed E-state index contributed by atoms with van der Waals surface area (Å²) in [5, 5.41) is 12.3. The topological polar surface area (TPSA) is 48.7 Å². The minimum absolute atomic E-state index is 0.0834. The Kier molecular flexibility index (Phi) is 5.02. The molecule has 2 rings (SSSR count). The molecule has 1 aromatic heterocycles. The van der Waals surface area contributed by atoms with E-state index in [-0.39, 0.29) is 11.6 Å². The fourth-order valence-corrected chi connectivity index (χ4v) is 2.30. The molecule has 0 saturated heterocycles. The molecule has 3 nitrogen and oxygen atoms in total. The van der Waals surface area contributed by atoms with Gasteiger partial charge in [0.25, 0.3) is 0 Å². The number of halogens is 1. The Balaban J connectivity index is 2.07. The standard InChI is InChI=1S/C17H18FN3/c1-3-14-11-20-7-6-16(14)12(2)21-10-13-4-5-17(18)15(8-13)9-19/h4-8,11-12,21H,3,10H2,1-2H3. The summed E-state index contributed by atoms with van der Waals surface area (Å²) in [6, 6.07) is 8.66. The van der Waals surface area contributed by atoms with Crippen molar-refractivity contribution in [2.75, 3.05) is 0 Å². The van der Waals surface area contributed by atoms with Crippen LogP contribution in [0.3, 0.4) is 0 Å². The van der Waals surface area contributed by atoms with E-state index in [2.05, 4.69) is 24.1 Å². The van der Waals surface area contributed by atoms with Gasteiger partial charge in [-0.25, -0.2) is 4.39 Å². The van der Waals surface area contributed by atoms with Gasteiger partial charge < -0.3 is 5.32 Å². The molecule has 0 radical (unpaired) electrons. The lowest BCUT2D eigenvalue weighted by Crippen LogP contribution is -2.19. The van der Waals surface area contributed by atoms with Crippen LogP contribution in [-0.4, -0.2) is 4.98 Å². The van der Waals surface area contributed by atoms with Crippen LogP contribution < -0.4 is 5.32 Å². The number of hydrogen-bond acceptors (Lipinski definition) is 3. The van der Waals surface area contributed by atoms with Crippen molar-refractivity contribution in [3.05, 3.63) is 64.7 Å². The molecular weight excluding hydrogens is 265 g/mol. The Morgan fingerprint density at radius 1 is 1.38 bits per heavy atom. The number of rotatable bonds is 5. The number of hydrogen-bond donors (Lipinski definition) is 1. The fraction of sp³-hybridized carbons (Fsp3) is 0.294. The number of benzene rings is 1. The lowest BCUT2D eigenvalue weighted by Gasteiger charge is -2.17. The van der Waals surface area contributed by atoms with Gasteiger partial charge >= 0.3 is 0 Å². The Morgan fingerprint density at radius 2 is 2.19 bits per heavy atom. The molecule has 1 unspecified atom stereocenters. The maximum Gasteiger partial charge on any atom is 0.140 e. The van der Waals surface area contributed by atoms with Crippen molar-refractivity contribution in [2.24, 2.45) is 0 Å². The van der Waals surface area contributed by atoms with Gasteiger partial charge in [-0.05, 0) is 48.2 Å². The summed E-state index contributed by atoms with van der Waals surface area (Å²) in [6.07, 6.45) is 4.61. The average Bonchev–Trinajstić information content (AvgIpc) is 2.53. The molecule has 1 atom stereocenters. The summed E-state index contributed by atoms with van der Waals surface area (Å²) >= 11 is 0. The summed E-state index contributed by atoms with van der Waals surface area (Å²) in [6.45, 7) is 4.78. The van der Waals surface area contributed by atoms with Crippen LogP contribution in [0.25, 0.3) is 0 Å². The van der Waals surface area contributed by atoms with E-state index in [4.69, 9.17) is 5.26 Å². The van der Waals surface area contributed by atoms with Crippen LogP contribution in [0.15, 0.2) is 36.7 Å². The van der Waals surface area contributed by atoms with Crippen molar-refractivity contribution in [2.45, 2.75) is 32.9 Å². The molecule has 1 aromatic carbocycles. The first-order valence-corrected chi connectivity index (χ1v) is 7.00. The lowest BCUT2D eigenvalue weighted by atomic mass is 10.0. The average molecular weight is 283 g/mol. The van der Waals surface area contributed by atoms with Crippen molar-refractivity contribution in [1.29, 1.82) is 5.26 Å². The zero-order valence-electron chi connectivity index (χ0n) is 12.2. The summed E-state index contributed by atoms with van der Waals surface area (Å²) in [7, 11) is 0. The largest absolute Gasteiger partial charge is 0.306 e. The summed E-state index contributed by atoms with van der Waals surface area (Å²) in [4.78, 5) is 4.14. The molecule has 4 heteroatoms. The highest BCUT2D eigenvalue weighted by Gasteiger charge is 2.10. The SMILES string of the molecule is CCc1cnccc1C(C)NCc1ccc(F)c(C#N)c1. The molecule has 0 amide bonds. The first kappa shape index (κ1) is 15.1. The number of nitrogens with zero attached hydrogens (tertiary/aromatic N) is 2. The minimum atomic E-state index is -0.475. The molecule has 0 bridgehead atoms. The summed E-state index contributed by atoms with van der Waals surface area (Å²) < 4.78 is 13.3. The monoisotopic (exact) mass is 283 g/mol. The quantitative estimate of drug-likeness (QED) is 0.913. The highest BCUT2D eigenvalue weighted by atomic mass is 19.1. The lowest BCUT2D eigenvalue weighted by molar-refractivity contribution is 0.568. The molecule has 0 aliphatic rings. The van der Waals surface area contributed by atoms with Gasteiger partial charge in [0.2, 0.25) is 0 Å². The molecule has 0 saturated carbocycles. The molecule has 1 N–H and O–H groups in total. The van der Waals surface area contributed by atoms with E-state index in [1.165, 1.54) is 17.2 Å². The van der Waals surface area contributed by atoms with E-state index < -0.39 is 5.82 Å². The van der Waals surface area contributed by atoms with Gasteiger partial charge in [0, 0.05) is 25.0 Å². The first-order chi connectivity index (χ1) is 10.2. The van der Waals surface area contributed by atoms with E-state index in [1.54, 1.807) is 18.3 Å². The molecule has 0 aliphatic heterocycles. The Hall–Kier alpha value is -2.25. The number of aryl methyl sites for hydroxylation is 1.